The third kappa shape index (κ3) is 5.23. The molecular weight excluding hydrogens is 464 g/mol. The highest BCUT2D eigenvalue weighted by atomic mass is 19.1. The predicted octanol–water partition coefficient (Wildman–Crippen LogP) is 5.26. The summed E-state index contributed by atoms with van der Waals surface area (Å²) < 4.78 is 35.8. The smallest absolute Gasteiger partial charge is 0.228 e. The van der Waals surface area contributed by atoms with Gasteiger partial charge in [-0.1, -0.05) is 12.1 Å². The van der Waals surface area contributed by atoms with Crippen LogP contribution in [0.1, 0.15) is 38.0 Å². The molecule has 0 radical (unpaired) electrons. The minimum Gasteiger partial charge on any atom is -0.484 e. The molecular formula is C28H29F2N3O3. The number of nitrogens with one attached hydrogen (secondary N) is 1. The summed E-state index contributed by atoms with van der Waals surface area (Å²) in [5, 5.41) is 17.7. The summed E-state index contributed by atoms with van der Waals surface area (Å²) in [6.45, 7) is 6.42. The van der Waals surface area contributed by atoms with Crippen LogP contribution in [-0.2, 0) is 4.79 Å². The van der Waals surface area contributed by atoms with Crippen molar-refractivity contribution < 1.29 is 23.4 Å². The summed E-state index contributed by atoms with van der Waals surface area (Å²) in [6, 6.07) is 15.8. The number of hydrogen-bond donors (Lipinski definition) is 2. The van der Waals surface area contributed by atoms with E-state index in [1.165, 1.54) is 18.2 Å². The standard InChI is InChI=1S/C28H29F2N3O3/c1-17-5-6-19(14-24(17)30)26(18(2)32-27(35)28(3,4)16-34)36-23-11-12-25-20(13-23)15-31-33(25)22-9-7-21(29)8-10-22/h5-15,18,26,34H,16H2,1-4H3,(H,32,35)/t18-,26-/m0/s1. The van der Waals surface area contributed by atoms with Gasteiger partial charge in [0.2, 0.25) is 5.91 Å². The number of hydrogen-bond acceptors (Lipinski definition) is 4. The minimum atomic E-state index is -0.981. The largest absolute Gasteiger partial charge is 0.484 e. The molecule has 188 valence electrons. The number of carbonyl (C=O) groups is 1. The number of ether oxygens (including phenoxy) is 1. The molecule has 36 heavy (non-hydrogen) atoms. The fourth-order valence-corrected chi connectivity index (χ4v) is 3.81. The Kier molecular flexibility index (Phi) is 7.08. The normalized spacial score (nSPS) is 13.4. The average molecular weight is 494 g/mol. The summed E-state index contributed by atoms with van der Waals surface area (Å²) >= 11 is 0. The van der Waals surface area contributed by atoms with E-state index in [9.17, 15) is 18.7 Å². The highest BCUT2D eigenvalue weighted by Crippen LogP contribution is 2.30. The van der Waals surface area contributed by atoms with Crippen LogP contribution in [0, 0.1) is 24.0 Å². The second-order valence-electron chi connectivity index (χ2n) is 9.60. The van der Waals surface area contributed by atoms with Crippen molar-refractivity contribution in [2.75, 3.05) is 6.61 Å². The molecule has 0 saturated heterocycles. The maximum atomic E-state index is 14.4. The van der Waals surface area contributed by atoms with Crippen LogP contribution < -0.4 is 10.1 Å². The highest BCUT2D eigenvalue weighted by Gasteiger charge is 2.31. The zero-order valence-electron chi connectivity index (χ0n) is 20.6. The van der Waals surface area contributed by atoms with Gasteiger partial charge in [-0.15, -0.1) is 0 Å². The Morgan fingerprint density at radius 2 is 1.83 bits per heavy atom. The number of fused-ring (bicyclic) bond motifs is 1. The lowest BCUT2D eigenvalue weighted by Gasteiger charge is -2.30. The van der Waals surface area contributed by atoms with Crippen molar-refractivity contribution in [3.63, 3.8) is 0 Å². The van der Waals surface area contributed by atoms with E-state index in [-0.39, 0.29) is 24.1 Å². The lowest BCUT2D eigenvalue weighted by molar-refractivity contribution is -0.132. The molecule has 2 atom stereocenters. The van der Waals surface area contributed by atoms with Gasteiger partial charge in [0.15, 0.2) is 0 Å². The molecule has 0 aliphatic heterocycles. The number of halogens is 2. The quantitative estimate of drug-likeness (QED) is 0.351. The second kappa shape index (κ2) is 10.1. The summed E-state index contributed by atoms with van der Waals surface area (Å²) in [5.74, 6) is -0.524. The van der Waals surface area contributed by atoms with Crippen LogP contribution in [0.25, 0.3) is 16.6 Å². The topological polar surface area (TPSA) is 76.4 Å². The van der Waals surface area contributed by atoms with E-state index in [1.54, 1.807) is 68.9 Å². The first-order valence-electron chi connectivity index (χ1n) is 11.7. The van der Waals surface area contributed by atoms with Crippen molar-refractivity contribution in [2.45, 2.75) is 39.8 Å². The Morgan fingerprint density at radius 1 is 1.11 bits per heavy atom. The number of carbonyl (C=O) groups excluding carboxylic acids is 1. The van der Waals surface area contributed by atoms with Crippen molar-refractivity contribution in [1.82, 2.24) is 15.1 Å². The van der Waals surface area contributed by atoms with Crippen molar-refractivity contribution in [3.8, 4) is 11.4 Å². The lowest BCUT2D eigenvalue weighted by atomic mass is 9.92. The lowest BCUT2D eigenvalue weighted by Crippen LogP contribution is -2.46. The molecule has 4 rings (SSSR count). The number of aromatic nitrogens is 2. The van der Waals surface area contributed by atoms with Gasteiger partial charge in [0, 0.05) is 5.39 Å². The van der Waals surface area contributed by atoms with E-state index < -0.39 is 17.6 Å². The van der Waals surface area contributed by atoms with Crippen LogP contribution >= 0.6 is 0 Å². The number of amides is 1. The maximum Gasteiger partial charge on any atom is 0.228 e. The molecule has 0 aliphatic carbocycles. The molecule has 0 unspecified atom stereocenters. The van der Waals surface area contributed by atoms with Gasteiger partial charge in [-0.2, -0.15) is 5.10 Å². The molecule has 3 aromatic carbocycles. The zero-order chi connectivity index (χ0) is 26.0. The Bertz CT molecular complexity index is 1380. The van der Waals surface area contributed by atoms with Gasteiger partial charge in [-0.05, 0) is 87.4 Å². The van der Waals surface area contributed by atoms with Crippen molar-refractivity contribution in [2.24, 2.45) is 5.41 Å². The first-order chi connectivity index (χ1) is 17.1. The number of aliphatic hydroxyl groups excluding tert-OH is 1. The number of rotatable bonds is 8. The Labute approximate surface area is 208 Å². The van der Waals surface area contributed by atoms with E-state index in [1.807, 2.05) is 12.1 Å². The molecule has 4 aromatic rings. The van der Waals surface area contributed by atoms with Gasteiger partial charge in [-0.3, -0.25) is 4.79 Å². The maximum absolute atomic E-state index is 14.4. The molecule has 1 heterocycles. The van der Waals surface area contributed by atoms with E-state index in [4.69, 9.17) is 4.74 Å². The number of aliphatic hydroxyl groups is 1. The summed E-state index contributed by atoms with van der Waals surface area (Å²) in [7, 11) is 0. The number of aryl methyl sites for hydroxylation is 1. The second-order valence-corrected chi connectivity index (χ2v) is 9.60. The first kappa shape index (κ1) is 25.3. The highest BCUT2D eigenvalue weighted by molar-refractivity contribution is 5.82. The van der Waals surface area contributed by atoms with E-state index in [0.29, 0.717) is 16.9 Å². The van der Waals surface area contributed by atoms with Crippen molar-refractivity contribution in [3.05, 3.63) is 89.6 Å². The summed E-state index contributed by atoms with van der Waals surface area (Å²) in [4.78, 5) is 12.7. The predicted molar refractivity (Wildman–Crippen MR) is 134 cm³/mol. The molecule has 6 nitrogen and oxygen atoms in total. The van der Waals surface area contributed by atoms with E-state index in [2.05, 4.69) is 10.4 Å². The first-order valence-corrected chi connectivity index (χ1v) is 11.7. The Morgan fingerprint density at radius 3 is 2.50 bits per heavy atom. The molecule has 0 aliphatic rings. The van der Waals surface area contributed by atoms with Gasteiger partial charge in [0.25, 0.3) is 0 Å². The fourth-order valence-electron chi connectivity index (χ4n) is 3.81. The number of benzene rings is 3. The molecule has 1 amide bonds. The molecule has 0 spiro atoms. The van der Waals surface area contributed by atoms with Gasteiger partial charge < -0.3 is 15.2 Å². The van der Waals surface area contributed by atoms with Gasteiger partial charge in [0.1, 0.15) is 23.5 Å². The van der Waals surface area contributed by atoms with Crippen LogP contribution in [0.5, 0.6) is 5.75 Å². The molecule has 0 fully saturated rings. The molecule has 8 heteroatoms. The Hall–Kier alpha value is -3.78. The van der Waals surface area contributed by atoms with Crippen molar-refractivity contribution in [1.29, 1.82) is 0 Å². The van der Waals surface area contributed by atoms with Crippen LogP contribution in [-0.4, -0.2) is 33.4 Å². The van der Waals surface area contributed by atoms with E-state index in [0.717, 1.165) is 16.6 Å². The molecule has 0 bridgehead atoms. The van der Waals surface area contributed by atoms with E-state index >= 15 is 0 Å². The molecule has 0 saturated carbocycles. The van der Waals surface area contributed by atoms with Crippen LogP contribution in [0.2, 0.25) is 0 Å². The van der Waals surface area contributed by atoms with Gasteiger partial charge in [-0.25, -0.2) is 13.5 Å². The van der Waals surface area contributed by atoms with Crippen LogP contribution in [0.3, 0.4) is 0 Å². The SMILES string of the molecule is Cc1ccc([C@@H](Oc2ccc3c(cnn3-c3ccc(F)cc3)c2)[C@H](C)NC(=O)C(C)(C)CO)cc1F. The summed E-state index contributed by atoms with van der Waals surface area (Å²) in [5.41, 5.74) is 1.61. The Balaban J connectivity index is 1.65. The zero-order valence-corrected chi connectivity index (χ0v) is 20.6. The molecule has 1 aromatic heterocycles. The van der Waals surface area contributed by atoms with Crippen molar-refractivity contribution >= 4 is 16.8 Å². The average Bonchev–Trinajstić information content (AvgIpc) is 3.28. The summed E-state index contributed by atoms with van der Waals surface area (Å²) in [6.07, 6.45) is 0.976. The monoisotopic (exact) mass is 493 g/mol. The third-order valence-electron chi connectivity index (χ3n) is 6.22. The van der Waals surface area contributed by atoms with Crippen LogP contribution in [0.15, 0.2) is 66.9 Å². The number of nitrogens with zero attached hydrogens (tertiary/aromatic N) is 2. The third-order valence-corrected chi connectivity index (χ3v) is 6.22. The minimum absolute atomic E-state index is 0.315. The van der Waals surface area contributed by atoms with Gasteiger partial charge >= 0.3 is 0 Å². The van der Waals surface area contributed by atoms with Gasteiger partial charge in [0.05, 0.1) is 35.5 Å². The van der Waals surface area contributed by atoms with Crippen LogP contribution in [0.4, 0.5) is 8.78 Å². The molecule has 2 N–H and O–H groups in total. The fraction of sp³-hybridized carbons (Fsp3) is 0.286.